The fraction of sp³-hybridized carbons (Fsp3) is 0.143. The van der Waals surface area contributed by atoms with Gasteiger partial charge in [0, 0.05) is 12.6 Å². The third-order valence-electron chi connectivity index (χ3n) is 2.78. The smallest absolute Gasteiger partial charge is 0.171 e. The molecule has 18 heavy (non-hydrogen) atoms. The van der Waals surface area contributed by atoms with Gasteiger partial charge in [-0.15, -0.1) is 0 Å². The second-order valence-electron chi connectivity index (χ2n) is 4.08. The van der Waals surface area contributed by atoms with Gasteiger partial charge in [-0.25, -0.2) is 9.37 Å². The monoisotopic (exact) mass is 244 g/mol. The van der Waals surface area contributed by atoms with Crippen LogP contribution in [0.15, 0.2) is 36.5 Å². The van der Waals surface area contributed by atoms with Gasteiger partial charge in [0.2, 0.25) is 0 Å². The van der Waals surface area contributed by atoms with E-state index in [9.17, 15) is 9.18 Å². The van der Waals surface area contributed by atoms with Crippen LogP contribution in [0.25, 0.3) is 0 Å². The Bertz CT molecular complexity index is 576. The molecule has 0 aliphatic heterocycles. The van der Waals surface area contributed by atoms with Gasteiger partial charge < -0.3 is 5.73 Å². The van der Waals surface area contributed by atoms with Gasteiger partial charge in [0.1, 0.15) is 11.6 Å². The van der Waals surface area contributed by atoms with Crippen molar-refractivity contribution < 1.29 is 9.18 Å². The van der Waals surface area contributed by atoms with Gasteiger partial charge in [0.25, 0.3) is 0 Å². The largest absolute Gasteiger partial charge is 0.383 e. The Morgan fingerprint density at radius 2 is 2.06 bits per heavy atom. The van der Waals surface area contributed by atoms with Crippen molar-refractivity contribution in [3.05, 3.63) is 59.0 Å². The van der Waals surface area contributed by atoms with Gasteiger partial charge in [0.15, 0.2) is 5.78 Å². The molecule has 4 heteroatoms. The molecule has 1 aromatic heterocycles. The van der Waals surface area contributed by atoms with Crippen molar-refractivity contribution in [2.75, 3.05) is 5.73 Å². The van der Waals surface area contributed by atoms with Gasteiger partial charge in [0.05, 0.1) is 5.56 Å². The van der Waals surface area contributed by atoms with E-state index < -0.39 is 0 Å². The van der Waals surface area contributed by atoms with E-state index in [1.54, 1.807) is 37.4 Å². The minimum absolute atomic E-state index is 0.0105. The first-order chi connectivity index (χ1) is 8.59. The average Bonchev–Trinajstić information content (AvgIpc) is 2.32. The Kier molecular flexibility index (Phi) is 3.37. The number of nitrogens with two attached hydrogens (primary N) is 1. The number of halogens is 1. The Morgan fingerprint density at radius 3 is 2.72 bits per heavy atom. The molecule has 92 valence electrons. The number of Topliss-reactive ketones (excluding diaryl/α,β-unsaturated/α-hetero) is 1. The first-order valence-corrected chi connectivity index (χ1v) is 5.57. The number of anilines is 1. The summed E-state index contributed by atoms with van der Waals surface area (Å²) in [6.45, 7) is 1.78. The van der Waals surface area contributed by atoms with Crippen LogP contribution in [-0.2, 0) is 6.42 Å². The Hall–Kier alpha value is -2.23. The number of carbonyl (C=O) groups excluding carboxylic acids is 1. The number of hydrogen-bond donors (Lipinski definition) is 1. The number of aryl methyl sites for hydroxylation is 1. The van der Waals surface area contributed by atoms with Crippen molar-refractivity contribution in [1.82, 2.24) is 4.98 Å². The average molecular weight is 244 g/mol. The van der Waals surface area contributed by atoms with E-state index >= 15 is 0 Å². The molecule has 0 spiro atoms. The summed E-state index contributed by atoms with van der Waals surface area (Å²) in [5, 5.41) is 0. The third-order valence-corrected chi connectivity index (χ3v) is 2.78. The summed E-state index contributed by atoms with van der Waals surface area (Å²) in [6, 6.07) is 7.93. The molecule has 1 heterocycles. The molecule has 2 rings (SSSR count). The quantitative estimate of drug-likeness (QED) is 0.844. The number of ketones is 1. The van der Waals surface area contributed by atoms with Crippen LogP contribution in [0, 0.1) is 12.7 Å². The molecule has 0 unspecified atom stereocenters. The van der Waals surface area contributed by atoms with Crippen LogP contribution < -0.4 is 5.73 Å². The molecule has 0 amide bonds. The highest BCUT2D eigenvalue weighted by atomic mass is 19.1. The maximum atomic E-state index is 13.5. The van der Waals surface area contributed by atoms with Crippen LogP contribution in [0.1, 0.15) is 21.5 Å². The molecule has 2 aromatic rings. The first kappa shape index (κ1) is 12.2. The van der Waals surface area contributed by atoms with Crippen molar-refractivity contribution in [3.63, 3.8) is 0 Å². The molecule has 3 nitrogen and oxygen atoms in total. The lowest BCUT2D eigenvalue weighted by Crippen LogP contribution is -2.11. The van der Waals surface area contributed by atoms with E-state index in [2.05, 4.69) is 4.98 Å². The molecule has 0 atom stereocenters. The number of aromatic nitrogens is 1. The standard InChI is InChI=1S/C14H13FN2O/c1-9-6-7-17-14(16)13(9)12(18)8-10-4-2-3-5-11(10)15/h2-7H,8H2,1H3,(H2,16,17). The number of pyridine rings is 1. The minimum atomic E-state index is -0.383. The lowest BCUT2D eigenvalue weighted by molar-refractivity contribution is 0.0992. The van der Waals surface area contributed by atoms with Crippen LogP contribution in [0.2, 0.25) is 0 Å². The van der Waals surface area contributed by atoms with Gasteiger partial charge in [-0.05, 0) is 30.2 Å². The van der Waals surface area contributed by atoms with Crippen molar-refractivity contribution in [2.24, 2.45) is 0 Å². The SMILES string of the molecule is Cc1ccnc(N)c1C(=O)Cc1ccccc1F. The lowest BCUT2D eigenvalue weighted by Gasteiger charge is -2.07. The van der Waals surface area contributed by atoms with Crippen LogP contribution in [0.5, 0.6) is 0 Å². The number of rotatable bonds is 3. The summed E-state index contributed by atoms with van der Waals surface area (Å²) in [5.41, 5.74) is 7.18. The molecular weight excluding hydrogens is 231 g/mol. The van der Waals surface area contributed by atoms with E-state index in [-0.39, 0.29) is 23.8 Å². The molecule has 0 saturated carbocycles. The third kappa shape index (κ3) is 2.37. The number of nitrogens with zero attached hydrogens (tertiary/aromatic N) is 1. The van der Waals surface area contributed by atoms with E-state index in [4.69, 9.17) is 5.73 Å². The molecular formula is C14H13FN2O. The summed E-state index contributed by atoms with van der Waals surface area (Å²) in [6.07, 6.45) is 1.54. The second-order valence-corrected chi connectivity index (χ2v) is 4.08. The summed E-state index contributed by atoms with van der Waals surface area (Å²) >= 11 is 0. The highest BCUT2D eigenvalue weighted by Crippen LogP contribution is 2.17. The molecule has 2 N–H and O–H groups in total. The predicted octanol–water partition coefficient (Wildman–Crippen LogP) is 2.54. The van der Waals surface area contributed by atoms with Crippen molar-refractivity contribution in [2.45, 2.75) is 13.3 Å². The number of benzene rings is 1. The zero-order valence-corrected chi connectivity index (χ0v) is 9.98. The van der Waals surface area contributed by atoms with Gasteiger partial charge >= 0.3 is 0 Å². The summed E-state index contributed by atoms with van der Waals surface area (Å²) in [4.78, 5) is 16.0. The maximum Gasteiger partial charge on any atom is 0.171 e. The second kappa shape index (κ2) is 4.96. The van der Waals surface area contributed by atoms with Crippen molar-refractivity contribution in [1.29, 1.82) is 0 Å². The van der Waals surface area contributed by atoms with E-state index in [1.807, 2.05) is 0 Å². The Labute approximate surface area is 104 Å². The van der Waals surface area contributed by atoms with Crippen molar-refractivity contribution >= 4 is 11.6 Å². The fourth-order valence-corrected chi connectivity index (χ4v) is 1.85. The molecule has 0 radical (unpaired) electrons. The molecule has 0 fully saturated rings. The Morgan fingerprint density at radius 1 is 1.33 bits per heavy atom. The first-order valence-electron chi connectivity index (χ1n) is 5.57. The zero-order chi connectivity index (χ0) is 13.1. The molecule has 0 bridgehead atoms. The highest BCUT2D eigenvalue weighted by molar-refractivity contribution is 6.02. The number of carbonyl (C=O) groups is 1. The van der Waals surface area contributed by atoms with Crippen LogP contribution in [0.3, 0.4) is 0 Å². The number of nitrogen functional groups attached to an aromatic ring is 1. The van der Waals surface area contributed by atoms with E-state index in [1.165, 1.54) is 6.07 Å². The van der Waals surface area contributed by atoms with Crippen LogP contribution in [-0.4, -0.2) is 10.8 Å². The highest BCUT2D eigenvalue weighted by Gasteiger charge is 2.15. The summed E-state index contributed by atoms with van der Waals surface area (Å²) in [5.74, 6) is -0.412. The summed E-state index contributed by atoms with van der Waals surface area (Å²) in [7, 11) is 0. The van der Waals surface area contributed by atoms with Gasteiger partial charge in [-0.3, -0.25) is 4.79 Å². The zero-order valence-electron chi connectivity index (χ0n) is 9.98. The molecule has 0 aliphatic rings. The van der Waals surface area contributed by atoms with Crippen LogP contribution in [0.4, 0.5) is 10.2 Å². The van der Waals surface area contributed by atoms with Crippen molar-refractivity contribution in [3.8, 4) is 0 Å². The molecule has 0 aliphatic carbocycles. The van der Waals surface area contributed by atoms with Gasteiger partial charge in [-0.2, -0.15) is 0 Å². The molecule has 1 aromatic carbocycles. The lowest BCUT2D eigenvalue weighted by atomic mass is 10.00. The normalized spacial score (nSPS) is 10.3. The number of hydrogen-bond acceptors (Lipinski definition) is 3. The van der Waals surface area contributed by atoms with Gasteiger partial charge in [-0.1, -0.05) is 18.2 Å². The fourth-order valence-electron chi connectivity index (χ4n) is 1.85. The minimum Gasteiger partial charge on any atom is -0.383 e. The summed E-state index contributed by atoms with van der Waals surface area (Å²) < 4.78 is 13.5. The van der Waals surface area contributed by atoms with E-state index in [0.717, 1.165) is 5.56 Å². The Balaban J connectivity index is 2.31. The van der Waals surface area contributed by atoms with Crippen LogP contribution >= 0.6 is 0 Å². The maximum absolute atomic E-state index is 13.5. The topological polar surface area (TPSA) is 56.0 Å². The van der Waals surface area contributed by atoms with E-state index in [0.29, 0.717) is 11.1 Å². The predicted molar refractivity (Wildman–Crippen MR) is 67.8 cm³/mol. The molecule has 0 saturated heterocycles.